The van der Waals surface area contributed by atoms with Crippen molar-refractivity contribution in [1.82, 2.24) is 20.9 Å². The maximum atomic E-state index is 13.3. The van der Waals surface area contributed by atoms with Crippen molar-refractivity contribution < 1.29 is 13.6 Å². The highest BCUT2D eigenvalue weighted by atomic mass is 127. The first-order valence-electron chi connectivity index (χ1n) is 11.5. The molecule has 1 aliphatic heterocycles. The molecule has 1 atom stereocenters. The van der Waals surface area contributed by atoms with Crippen LogP contribution in [0.4, 0.5) is 4.39 Å². The number of nitrogens with one attached hydrogen (secondary N) is 3. The van der Waals surface area contributed by atoms with Crippen LogP contribution in [0.5, 0.6) is 0 Å². The molecule has 0 spiro atoms. The number of halogens is 2. The quantitative estimate of drug-likeness (QED) is 0.176. The highest BCUT2D eigenvalue weighted by Crippen LogP contribution is 2.25. The molecular weight excluding hydrogens is 536 g/mol. The highest BCUT2D eigenvalue weighted by Gasteiger charge is 2.24. The van der Waals surface area contributed by atoms with Gasteiger partial charge in [0.1, 0.15) is 11.6 Å². The summed E-state index contributed by atoms with van der Waals surface area (Å²) < 4.78 is 19.0. The SMILES string of the molecule is CCNC(=NCC(c1ccco1)N1CCCCC1)NCCNC(=O)Cc1cccc(F)c1.I. The van der Waals surface area contributed by atoms with Gasteiger partial charge in [0.25, 0.3) is 0 Å². The molecule has 9 heteroatoms. The lowest BCUT2D eigenvalue weighted by Crippen LogP contribution is -2.42. The fraction of sp³-hybridized carbons (Fsp3) is 0.500. The minimum absolute atomic E-state index is 0. The lowest BCUT2D eigenvalue weighted by molar-refractivity contribution is -0.120. The third kappa shape index (κ3) is 9.32. The molecule has 0 bridgehead atoms. The molecule has 1 fully saturated rings. The van der Waals surface area contributed by atoms with E-state index in [4.69, 9.17) is 9.41 Å². The van der Waals surface area contributed by atoms with Gasteiger partial charge >= 0.3 is 0 Å². The van der Waals surface area contributed by atoms with Crippen molar-refractivity contribution in [3.63, 3.8) is 0 Å². The summed E-state index contributed by atoms with van der Waals surface area (Å²) in [4.78, 5) is 19.3. The lowest BCUT2D eigenvalue weighted by Gasteiger charge is -2.32. The average molecular weight is 571 g/mol. The number of furan rings is 1. The Kier molecular flexibility index (Phi) is 12.2. The molecule has 33 heavy (non-hydrogen) atoms. The second-order valence-corrected chi connectivity index (χ2v) is 7.93. The van der Waals surface area contributed by atoms with E-state index in [-0.39, 0.29) is 48.2 Å². The van der Waals surface area contributed by atoms with Crippen LogP contribution in [-0.4, -0.2) is 56.0 Å². The second kappa shape index (κ2) is 14.9. The van der Waals surface area contributed by atoms with E-state index in [2.05, 4.69) is 20.9 Å². The molecule has 7 nitrogen and oxygen atoms in total. The van der Waals surface area contributed by atoms with Crippen LogP contribution in [0.15, 0.2) is 52.1 Å². The number of rotatable bonds is 10. The van der Waals surface area contributed by atoms with Crippen LogP contribution >= 0.6 is 24.0 Å². The lowest BCUT2D eigenvalue weighted by atomic mass is 10.1. The van der Waals surface area contributed by atoms with Gasteiger partial charge in [0.05, 0.1) is 25.3 Å². The van der Waals surface area contributed by atoms with Gasteiger partial charge in [0.15, 0.2) is 5.96 Å². The molecule has 0 radical (unpaired) electrons. The summed E-state index contributed by atoms with van der Waals surface area (Å²) in [6, 6.07) is 10.2. The zero-order valence-electron chi connectivity index (χ0n) is 19.2. The Hall–Kier alpha value is -2.14. The third-order valence-electron chi connectivity index (χ3n) is 5.46. The van der Waals surface area contributed by atoms with Gasteiger partial charge < -0.3 is 20.4 Å². The first kappa shape index (κ1) is 27.1. The van der Waals surface area contributed by atoms with Gasteiger partial charge in [-0.1, -0.05) is 18.6 Å². The molecule has 1 aliphatic rings. The molecule has 1 unspecified atom stereocenters. The van der Waals surface area contributed by atoms with Gasteiger partial charge in [-0.05, 0) is 62.7 Å². The number of amides is 1. The summed E-state index contributed by atoms with van der Waals surface area (Å²) in [6.07, 6.45) is 5.56. The van der Waals surface area contributed by atoms with Crippen molar-refractivity contribution in [3.05, 3.63) is 59.8 Å². The van der Waals surface area contributed by atoms with Crippen molar-refractivity contribution in [3.8, 4) is 0 Å². The van der Waals surface area contributed by atoms with Crippen LogP contribution in [0.1, 0.15) is 43.6 Å². The summed E-state index contributed by atoms with van der Waals surface area (Å²) >= 11 is 0. The van der Waals surface area contributed by atoms with E-state index >= 15 is 0 Å². The van der Waals surface area contributed by atoms with Crippen LogP contribution in [0.3, 0.4) is 0 Å². The first-order chi connectivity index (χ1) is 15.7. The largest absolute Gasteiger partial charge is 0.468 e. The molecule has 3 N–H and O–H groups in total. The summed E-state index contributed by atoms with van der Waals surface area (Å²) in [5.74, 6) is 1.18. The Balaban J connectivity index is 0.00000385. The first-order valence-corrected chi connectivity index (χ1v) is 11.5. The van der Waals surface area contributed by atoms with Gasteiger partial charge in [-0.2, -0.15) is 0 Å². The maximum absolute atomic E-state index is 13.3. The average Bonchev–Trinajstić information content (AvgIpc) is 3.32. The van der Waals surface area contributed by atoms with Gasteiger partial charge in [-0.15, -0.1) is 24.0 Å². The fourth-order valence-electron chi connectivity index (χ4n) is 3.89. The predicted octanol–water partition coefficient (Wildman–Crippen LogP) is 3.48. The molecule has 182 valence electrons. The van der Waals surface area contributed by atoms with E-state index in [0.29, 0.717) is 31.2 Å². The Morgan fingerprint density at radius 2 is 1.91 bits per heavy atom. The highest BCUT2D eigenvalue weighted by molar-refractivity contribution is 14.0. The molecule has 1 aromatic carbocycles. The summed E-state index contributed by atoms with van der Waals surface area (Å²) in [6.45, 7) is 6.46. The second-order valence-electron chi connectivity index (χ2n) is 7.93. The van der Waals surface area contributed by atoms with Crippen molar-refractivity contribution in [2.24, 2.45) is 4.99 Å². The number of aliphatic imine (C=N–C) groups is 1. The van der Waals surface area contributed by atoms with E-state index in [1.54, 1.807) is 18.4 Å². The number of piperidine rings is 1. The summed E-state index contributed by atoms with van der Waals surface area (Å²) in [5, 5.41) is 9.38. The van der Waals surface area contributed by atoms with Crippen molar-refractivity contribution in [2.45, 2.75) is 38.6 Å². The van der Waals surface area contributed by atoms with Crippen LogP contribution in [0, 0.1) is 5.82 Å². The number of carbonyl (C=O) groups is 1. The zero-order chi connectivity index (χ0) is 22.6. The standard InChI is InChI=1S/C24H34FN5O2.HI/c1-2-26-24(28-12-11-27-23(31)17-19-8-6-9-20(25)16-19)29-18-21(22-10-7-15-32-22)30-13-4-3-5-14-30;/h6-10,15-16,21H,2-5,11-14,17-18H2,1H3,(H,27,31)(H2,26,28,29);1H. The molecular formula is C24H35FIN5O2. The van der Waals surface area contributed by atoms with Crippen molar-refractivity contribution in [1.29, 1.82) is 0 Å². The summed E-state index contributed by atoms with van der Waals surface area (Å²) in [7, 11) is 0. The van der Waals surface area contributed by atoms with Crippen LogP contribution in [-0.2, 0) is 11.2 Å². The topological polar surface area (TPSA) is 81.9 Å². The zero-order valence-corrected chi connectivity index (χ0v) is 21.5. The van der Waals surface area contributed by atoms with Gasteiger partial charge in [-0.3, -0.25) is 14.7 Å². The molecule has 0 aliphatic carbocycles. The summed E-state index contributed by atoms with van der Waals surface area (Å²) in [5.41, 5.74) is 0.659. The van der Waals surface area contributed by atoms with E-state index < -0.39 is 0 Å². The molecule has 1 saturated heterocycles. The number of likely N-dealkylation sites (tertiary alicyclic amines) is 1. The van der Waals surface area contributed by atoms with Gasteiger partial charge in [0, 0.05) is 19.6 Å². The van der Waals surface area contributed by atoms with Gasteiger partial charge in [-0.25, -0.2) is 4.39 Å². The third-order valence-corrected chi connectivity index (χ3v) is 5.46. The van der Waals surface area contributed by atoms with E-state index in [1.165, 1.54) is 31.4 Å². The minimum atomic E-state index is -0.333. The van der Waals surface area contributed by atoms with Crippen LogP contribution in [0.2, 0.25) is 0 Å². The van der Waals surface area contributed by atoms with Gasteiger partial charge in [0.2, 0.25) is 5.91 Å². The maximum Gasteiger partial charge on any atom is 0.224 e. The molecule has 2 aromatic rings. The number of hydrogen-bond acceptors (Lipinski definition) is 4. The monoisotopic (exact) mass is 571 g/mol. The molecule has 0 saturated carbocycles. The number of guanidine groups is 1. The Bertz CT molecular complexity index is 856. The molecule has 1 amide bonds. The molecule has 1 aromatic heterocycles. The smallest absolute Gasteiger partial charge is 0.224 e. The van der Waals surface area contributed by atoms with E-state index in [9.17, 15) is 9.18 Å². The Morgan fingerprint density at radius 1 is 1.12 bits per heavy atom. The number of benzene rings is 1. The van der Waals surface area contributed by atoms with Crippen molar-refractivity contribution >= 4 is 35.8 Å². The van der Waals surface area contributed by atoms with Crippen LogP contribution in [0.25, 0.3) is 0 Å². The molecule has 3 rings (SSSR count). The molecule has 2 heterocycles. The number of nitrogens with zero attached hydrogens (tertiary/aromatic N) is 2. The van der Waals surface area contributed by atoms with Crippen LogP contribution < -0.4 is 16.0 Å². The number of carbonyl (C=O) groups excluding carboxylic acids is 1. The minimum Gasteiger partial charge on any atom is -0.468 e. The van der Waals surface area contributed by atoms with Crippen molar-refractivity contribution in [2.75, 3.05) is 39.3 Å². The fourth-order valence-corrected chi connectivity index (χ4v) is 3.89. The van der Waals surface area contributed by atoms with E-state index in [1.807, 2.05) is 19.1 Å². The normalized spacial score (nSPS) is 15.4. The van der Waals surface area contributed by atoms with E-state index in [0.717, 1.165) is 25.4 Å². The predicted molar refractivity (Wildman–Crippen MR) is 139 cm³/mol. The Morgan fingerprint density at radius 3 is 2.61 bits per heavy atom. The number of hydrogen-bond donors (Lipinski definition) is 3. The Labute approximate surface area is 212 Å².